The van der Waals surface area contributed by atoms with E-state index in [1.165, 1.54) is 13.3 Å². The molecular weight excluding hydrogens is 460 g/mol. The maximum Gasteiger partial charge on any atom is 0.289 e. The van der Waals surface area contributed by atoms with Crippen molar-refractivity contribution >= 4 is 23.5 Å². The number of nitrogens with zero attached hydrogens (tertiary/aromatic N) is 1. The molecule has 1 aromatic heterocycles. The molecule has 9 nitrogen and oxygen atoms in total. The largest absolute Gasteiger partial charge is 0.368 e. The van der Waals surface area contributed by atoms with E-state index >= 15 is 0 Å². The second-order valence-corrected chi connectivity index (χ2v) is 8.98. The molecule has 1 fully saturated rings. The summed E-state index contributed by atoms with van der Waals surface area (Å²) in [5.74, 6) is -2.56. The van der Waals surface area contributed by atoms with E-state index in [4.69, 9.17) is 4.74 Å². The zero-order chi connectivity index (χ0) is 25.8. The molecule has 0 spiro atoms. The average molecular weight is 495 g/mol. The molecule has 2 aromatic rings. The number of amides is 3. The van der Waals surface area contributed by atoms with Gasteiger partial charge < -0.3 is 20.7 Å². The van der Waals surface area contributed by atoms with Crippen LogP contribution in [0.5, 0.6) is 0 Å². The van der Waals surface area contributed by atoms with Gasteiger partial charge in [-0.1, -0.05) is 55.7 Å². The minimum absolute atomic E-state index is 0.0751. The molecule has 3 rings (SSSR count). The number of nitrogens with one attached hydrogen (secondary N) is 3. The Morgan fingerprint density at radius 2 is 1.69 bits per heavy atom. The van der Waals surface area contributed by atoms with Crippen LogP contribution in [0.2, 0.25) is 0 Å². The standard InChI is InChI=1S/C27H34N4O5/c1-19(30-24(32)18-36-22-13-6-3-7-14-22)26(34)31-23(16-20-10-4-2-5-11-20)25(33)27(35)29-17-21-12-8-9-15-28-21/h2,4-5,8-12,15,19,22-23H,3,6-7,13-14,16-18H2,1H3,(H,29,35)(H,30,32)(H,31,34)/t19-,23-/m1/s1. The molecule has 2 atom stereocenters. The Bertz CT molecular complexity index is 1010. The van der Waals surface area contributed by atoms with Gasteiger partial charge in [0.1, 0.15) is 18.7 Å². The Morgan fingerprint density at radius 3 is 2.39 bits per heavy atom. The molecule has 1 heterocycles. The van der Waals surface area contributed by atoms with Gasteiger partial charge in [0.15, 0.2) is 0 Å². The van der Waals surface area contributed by atoms with Crippen LogP contribution in [0.1, 0.15) is 50.3 Å². The molecule has 0 radical (unpaired) electrons. The molecule has 0 saturated heterocycles. The van der Waals surface area contributed by atoms with Gasteiger partial charge in [0, 0.05) is 12.6 Å². The van der Waals surface area contributed by atoms with Crippen molar-refractivity contribution in [2.24, 2.45) is 0 Å². The summed E-state index contributed by atoms with van der Waals surface area (Å²) in [5.41, 5.74) is 1.39. The fraction of sp³-hybridized carbons (Fsp3) is 0.444. The maximum absolute atomic E-state index is 13.0. The summed E-state index contributed by atoms with van der Waals surface area (Å²) in [5, 5.41) is 7.80. The fourth-order valence-electron chi connectivity index (χ4n) is 4.05. The SMILES string of the molecule is C[C@@H](NC(=O)COC1CCCCC1)C(=O)N[C@H](Cc1ccccc1)C(=O)C(=O)NCc1ccccn1. The van der Waals surface area contributed by atoms with Gasteiger partial charge in [-0.15, -0.1) is 0 Å². The van der Waals surface area contributed by atoms with Crippen molar-refractivity contribution in [2.75, 3.05) is 6.61 Å². The van der Waals surface area contributed by atoms with Crippen LogP contribution in [0, 0.1) is 0 Å². The van der Waals surface area contributed by atoms with Gasteiger partial charge in [0.05, 0.1) is 18.3 Å². The van der Waals surface area contributed by atoms with Crippen LogP contribution in [0.3, 0.4) is 0 Å². The zero-order valence-electron chi connectivity index (χ0n) is 20.6. The highest BCUT2D eigenvalue weighted by atomic mass is 16.5. The van der Waals surface area contributed by atoms with Crippen molar-refractivity contribution < 1.29 is 23.9 Å². The van der Waals surface area contributed by atoms with E-state index in [2.05, 4.69) is 20.9 Å². The molecular formula is C27H34N4O5. The second-order valence-electron chi connectivity index (χ2n) is 8.98. The molecule has 1 aliphatic carbocycles. The maximum atomic E-state index is 13.0. The molecule has 3 N–H and O–H groups in total. The molecule has 0 unspecified atom stereocenters. The summed E-state index contributed by atoms with van der Waals surface area (Å²) in [6.07, 6.45) is 7.06. The summed E-state index contributed by atoms with van der Waals surface area (Å²) in [6, 6.07) is 12.4. The molecule has 0 aliphatic heterocycles. The molecule has 1 aromatic carbocycles. The summed E-state index contributed by atoms with van der Waals surface area (Å²) in [4.78, 5) is 54.8. The molecule has 1 saturated carbocycles. The molecule has 3 amide bonds. The highest BCUT2D eigenvalue weighted by molar-refractivity contribution is 6.38. The van der Waals surface area contributed by atoms with Crippen LogP contribution in [-0.2, 0) is 36.9 Å². The smallest absolute Gasteiger partial charge is 0.289 e. The lowest BCUT2D eigenvalue weighted by molar-refractivity contribution is -0.140. The van der Waals surface area contributed by atoms with E-state index in [9.17, 15) is 19.2 Å². The zero-order valence-corrected chi connectivity index (χ0v) is 20.6. The molecule has 0 bridgehead atoms. The van der Waals surface area contributed by atoms with E-state index in [0.29, 0.717) is 5.69 Å². The van der Waals surface area contributed by atoms with Gasteiger partial charge in [-0.2, -0.15) is 0 Å². The summed E-state index contributed by atoms with van der Waals surface area (Å²) < 4.78 is 5.66. The first-order valence-electron chi connectivity index (χ1n) is 12.4. The monoisotopic (exact) mass is 494 g/mol. The molecule has 1 aliphatic rings. The number of ether oxygens (including phenoxy) is 1. The van der Waals surface area contributed by atoms with Gasteiger partial charge in [0.2, 0.25) is 17.6 Å². The Labute approximate surface area is 211 Å². The first-order valence-corrected chi connectivity index (χ1v) is 12.4. The minimum Gasteiger partial charge on any atom is -0.368 e. The van der Waals surface area contributed by atoms with Gasteiger partial charge in [-0.05, 0) is 37.5 Å². The highest BCUT2D eigenvalue weighted by Gasteiger charge is 2.29. The number of rotatable bonds is 12. The lowest BCUT2D eigenvalue weighted by Gasteiger charge is -2.23. The normalized spacial score (nSPS) is 15.4. The Hall–Kier alpha value is -3.59. The topological polar surface area (TPSA) is 126 Å². The van der Waals surface area contributed by atoms with Gasteiger partial charge in [0.25, 0.3) is 5.91 Å². The van der Waals surface area contributed by atoms with E-state index in [1.54, 1.807) is 24.4 Å². The number of pyridine rings is 1. The average Bonchev–Trinajstić information content (AvgIpc) is 2.91. The third-order valence-electron chi connectivity index (χ3n) is 6.07. The predicted molar refractivity (Wildman–Crippen MR) is 134 cm³/mol. The van der Waals surface area contributed by atoms with Crippen molar-refractivity contribution in [2.45, 2.75) is 70.2 Å². The summed E-state index contributed by atoms with van der Waals surface area (Å²) >= 11 is 0. The Balaban J connectivity index is 1.56. The second kappa shape index (κ2) is 14.1. The van der Waals surface area contributed by atoms with E-state index in [-0.39, 0.29) is 25.7 Å². The van der Waals surface area contributed by atoms with Crippen LogP contribution >= 0.6 is 0 Å². The molecule has 192 valence electrons. The summed E-state index contributed by atoms with van der Waals surface area (Å²) in [6.45, 7) is 1.49. The number of benzene rings is 1. The van der Waals surface area contributed by atoms with Crippen molar-refractivity contribution in [3.8, 4) is 0 Å². The molecule has 9 heteroatoms. The van der Waals surface area contributed by atoms with Crippen molar-refractivity contribution in [3.05, 3.63) is 66.0 Å². The molecule has 36 heavy (non-hydrogen) atoms. The van der Waals surface area contributed by atoms with Gasteiger partial charge >= 0.3 is 0 Å². The number of hydrogen-bond donors (Lipinski definition) is 3. The van der Waals surface area contributed by atoms with E-state index in [1.807, 2.05) is 30.3 Å². The minimum atomic E-state index is -1.10. The number of carbonyl (C=O) groups is 4. The lowest BCUT2D eigenvalue weighted by Crippen LogP contribution is -2.54. The number of aromatic nitrogens is 1. The van der Waals surface area contributed by atoms with Crippen molar-refractivity contribution in [3.63, 3.8) is 0 Å². The van der Waals surface area contributed by atoms with Gasteiger partial charge in [-0.25, -0.2) is 0 Å². The third kappa shape index (κ3) is 8.88. The van der Waals surface area contributed by atoms with Crippen LogP contribution in [0.4, 0.5) is 0 Å². The lowest BCUT2D eigenvalue weighted by atomic mass is 9.98. The highest BCUT2D eigenvalue weighted by Crippen LogP contribution is 2.20. The third-order valence-corrected chi connectivity index (χ3v) is 6.07. The number of hydrogen-bond acceptors (Lipinski definition) is 6. The Morgan fingerprint density at radius 1 is 0.972 bits per heavy atom. The van der Waals surface area contributed by atoms with Crippen LogP contribution in [-0.4, -0.2) is 53.3 Å². The van der Waals surface area contributed by atoms with Crippen LogP contribution in [0.25, 0.3) is 0 Å². The van der Waals surface area contributed by atoms with E-state index < -0.39 is 35.6 Å². The van der Waals surface area contributed by atoms with Crippen molar-refractivity contribution in [1.82, 2.24) is 20.9 Å². The number of carbonyl (C=O) groups excluding carboxylic acids is 4. The first kappa shape index (κ1) is 27.0. The fourth-order valence-corrected chi connectivity index (χ4v) is 4.05. The summed E-state index contributed by atoms with van der Waals surface area (Å²) in [7, 11) is 0. The first-order chi connectivity index (χ1) is 17.4. The quantitative estimate of drug-likeness (QED) is 0.387. The van der Waals surface area contributed by atoms with Crippen LogP contribution < -0.4 is 16.0 Å². The van der Waals surface area contributed by atoms with Crippen LogP contribution in [0.15, 0.2) is 54.7 Å². The van der Waals surface area contributed by atoms with Gasteiger partial charge in [-0.3, -0.25) is 24.2 Å². The predicted octanol–water partition coefficient (Wildman–Crippen LogP) is 1.85. The van der Waals surface area contributed by atoms with E-state index in [0.717, 1.165) is 31.2 Å². The van der Waals surface area contributed by atoms with Crippen molar-refractivity contribution in [1.29, 1.82) is 0 Å². The number of Topliss-reactive ketones (excluding diaryl/α,β-unsaturated/α-hetero) is 1. The number of ketones is 1. The Kier molecular flexibility index (Phi) is 10.6.